The summed E-state index contributed by atoms with van der Waals surface area (Å²) in [6, 6.07) is 38.8. The first-order chi connectivity index (χ1) is 28.7. The molecular formula is C46H49N5O8. The molecule has 0 bridgehead atoms. The van der Waals surface area contributed by atoms with E-state index in [1.54, 1.807) is 12.1 Å². The summed E-state index contributed by atoms with van der Waals surface area (Å²) in [5.74, 6) is -0.516. The fourth-order valence-corrected chi connectivity index (χ4v) is 7.57. The van der Waals surface area contributed by atoms with Crippen molar-refractivity contribution in [2.45, 2.75) is 50.5 Å². The fourth-order valence-electron chi connectivity index (χ4n) is 7.57. The molecule has 0 saturated carbocycles. The molecule has 2 amide bonds. The van der Waals surface area contributed by atoms with Gasteiger partial charge in [0.05, 0.1) is 30.8 Å². The van der Waals surface area contributed by atoms with Gasteiger partial charge in [-0.2, -0.15) is 0 Å². The van der Waals surface area contributed by atoms with Crippen molar-refractivity contribution in [3.63, 3.8) is 0 Å². The highest BCUT2D eigenvalue weighted by Gasteiger charge is 2.34. The summed E-state index contributed by atoms with van der Waals surface area (Å²) in [6.45, 7) is 4.21. The molecule has 2 fully saturated rings. The molecule has 59 heavy (non-hydrogen) atoms. The number of rotatable bonds is 14. The first-order valence-corrected chi connectivity index (χ1v) is 19.8. The standard InChI is InChI=1S/C46H49N5O8/c1-57-44(53)42(27-32-6-3-2-4-7-32)48-46(54)47-29-34-8-5-9-38(26-34)35-14-16-37(17-15-35)45-58-41(28-43(59-45)36-12-10-33(31-52)11-13-36)30-49-22-24-50(25-23-49)39-18-20-40(21-19-39)51(55)56/h2-21,26,41-43,45,52H,22-25,27-31H2,1H3,(H2,47,48,54)/t41-,42+,43+,45+/m1/s1. The lowest BCUT2D eigenvalue weighted by molar-refractivity contribution is -0.384. The summed E-state index contributed by atoms with van der Waals surface area (Å²) in [4.78, 5) is 40.7. The van der Waals surface area contributed by atoms with Gasteiger partial charge in [0.15, 0.2) is 6.29 Å². The van der Waals surface area contributed by atoms with Crippen molar-refractivity contribution in [2.24, 2.45) is 0 Å². The fraction of sp³-hybridized carbons (Fsp3) is 0.304. The van der Waals surface area contributed by atoms with Crippen LogP contribution in [0.1, 0.15) is 46.6 Å². The van der Waals surface area contributed by atoms with Crippen molar-refractivity contribution in [1.82, 2.24) is 15.5 Å². The van der Waals surface area contributed by atoms with E-state index in [-0.39, 0.29) is 36.0 Å². The number of methoxy groups -OCH3 is 1. The van der Waals surface area contributed by atoms with Crippen molar-refractivity contribution in [3.8, 4) is 11.1 Å². The summed E-state index contributed by atoms with van der Waals surface area (Å²) in [5.41, 5.74) is 7.58. The molecule has 2 saturated heterocycles. The second kappa shape index (κ2) is 19.6. The highest BCUT2D eigenvalue weighted by molar-refractivity contribution is 5.83. The molecule has 3 N–H and O–H groups in total. The maximum absolute atomic E-state index is 12.9. The van der Waals surface area contributed by atoms with Crippen LogP contribution in [0.4, 0.5) is 16.2 Å². The van der Waals surface area contributed by atoms with Gasteiger partial charge in [0.2, 0.25) is 0 Å². The van der Waals surface area contributed by atoms with Crippen molar-refractivity contribution < 1.29 is 33.8 Å². The first kappa shape index (κ1) is 41.1. The number of aliphatic hydroxyl groups excluding tert-OH is 1. The van der Waals surface area contributed by atoms with Crippen molar-refractivity contribution in [2.75, 3.05) is 44.7 Å². The van der Waals surface area contributed by atoms with Crippen molar-refractivity contribution in [1.29, 1.82) is 0 Å². The van der Waals surface area contributed by atoms with Crippen LogP contribution in [0.2, 0.25) is 0 Å². The third-order valence-corrected chi connectivity index (χ3v) is 10.8. The summed E-state index contributed by atoms with van der Waals surface area (Å²) >= 11 is 0. The number of anilines is 1. The average Bonchev–Trinajstić information content (AvgIpc) is 3.28. The van der Waals surface area contributed by atoms with E-state index < -0.39 is 24.3 Å². The smallest absolute Gasteiger partial charge is 0.328 e. The third kappa shape index (κ3) is 10.9. The molecule has 2 aliphatic heterocycles. The Morgan fingerprint density at radius 1 is 0.814 bits per heavy atom. The van der Waals surface area contributed by atoms with Crippen LogP contribution in [0, 0.1) is 10.1 Å². The lowest BCUT2D eigenvalue weighted by atomic mass is 9.98. The average molecular weight is 800 g/mol. The van der Waals surface area contributed by atoms with E-state index in [1.165, 1.54) is 7.11 Å². The van der Waals surface area contributed by atoms with Crippen molar-refractivity contribution in [3.05, 3.63) is 165 Å². The number of nitrogens with one attached hydrogen (secondary N) is 2. The number of nitro groups is 1. The summed E-state index contributed by atoms with van der Waals surface area (Å²) in [5, 5.41) is 26.3. The Bertz CT molecular complexity index is 2160. The molecule has 2 heterocycles. The van der Waals surface area contributed by atoms with Crippen LogP contribution in [0.5, 0.6) is 0 Å². The number of piperazine rings is 1. The topological polar surface area (TPSA) is 156 Å². The van der Waals surface area contributed by atoms with Crippen LogP contribution in [-0.4, -0.2) is 78.9 Å². The summed E-state index contributed by atoms with van der Waals surface area (Å²) in [6.07, 6.45) is 0.0642. The number of non-ortho nitro benzene ring substituents is 1. The van der Waals surface area contributed by atoms with Crippen LogP contribution in [0.3, 0.4) is 0 Å². The zero-order valence-corrected chi connectivity index (χ0v) is 32.9. The number of aliphatic hydroxyl groups is 1. The highest BCUT2D eigenvalue weighted by atomic mass is 16.7. The van der Waals surface area contributed by atoms with Gasteiger partial charge >= 0.3 is 12.0 Å². The number of hydrogen-bond donors (Lipinski definition) is 3. The molecule has 0 unspecified atom stereocenters. The van der Waals surface area contributed by atoms with Crippen LogP contribution >= 0.6 is 0 Å². The number of ether oxygens (including phenoxy) is 3. The zero-order valence-electron chi connectivity index (χ0n) is 32.9. The zero-order chi connectivity index (χ0) is 41.1. The SMILES string of the molecule is COC(=O)[C@H](Cc1ccccc1)NC(=O)NCc1cccc(-c2ccc([C@H]3O[C@@H](CN4CCN(c5ccc([N+](=O)[O-])cc5)CC4)C[C@@H](c4ccc(CO)cc4)O3)cc2)c1. The lowest BCUT2D eigenvalue weighted by Gasteiger charge is -2.41. The number of benzene rings is 5. The maximum atomic E-state index is 12.9. The summed E-state index contributed by atoms with van der Waals surface area (Å²) < 4.78 is 18.2. The number of carbonyl (C=O) groups is 2. The minimum Gasteiger partial charge on any atom is -0.467 e. The second-order valence-electron chi connectivity index (χ2n) is 14.8. The molecule has 7 rings (SSSR count). The molecule has 306 valence electrons. The van der Waals surface area contributed by atoms with Gasteiger partial charge in [-0.15, -0.1) is 0 Å². The third-order valence-electron chi connectivity index (χ3n) is 10.8. The van der Waals surface area contributed by atoms with E-state index in [2.05, 4.69) is 20.4 Å². The quantitative estimate of drug-likeness (QED) is 0.0628. The Morgan fingerprint density at radius 3 is 2.19 bits per heavy atom. The molecule has 4 atom stereocenters. The monoisotopic (exact) mass is 799 g/mol. The molecule has 5 aromatic carbocycles. The number of esters is 1. The van der Waals surface area contributed by atoms with E-state index in [0.29, 0.717) is 12.8 Å². The largest absolute Gasteiger partial charge is 0.467 e. The Morgan fingerprint density at radius 2 is 1.51 bits per heavy atom. The predicted molar refractivity (Wildman–Crippen MR) is 223 cm³/mol. The first-order valence-electron chi connectivity index (χ1n) is 19.8. The van der Waals surface area contributed by atoms with Crippen molar-refractivity contribution >= 4 is 23.4 Å². The Labute approximate surface area is 343 Å². The highest BCUT2D eigenvalue weighted by Crippen LogP contribution is 2.39. The molecule has 2 aliphatic rings. The van der Waals surface area contributed by atoms with Gasteiger partial charge < -0.3 is 34.9 Å². The van der Waals surface area contributed by atoms with Crippen LogP contribution in [-0.2, 0) is 38.6 Å². The van der Waals surface area contributed by atoms with Crippen LogP contribution in [0.25, 0.3) is 11.1 Å². The number of amides is 2. The Kier molecular flexibility index (Phi) is 13.6. The van der Waals surface area contributed by atoms with Gasteiger partial charge in [0, 0.05) is 75.5 Å². The minimum absolute atomic E-state index is 0.0280. The van der Waals surface area contributed by atoms with Gasteiger partial charge in [0.1, 0.15) is 6.04 Å². The number of nitro benzene ring substituents is 1. The molecule has 0 aliphatic carbocycles. The Hall–Kier alpha value is -6.12. The van der Waals surface area contributed by atoms with E-state index in [1.807, 2.05) is 115 Å². The second-order valence-corrected chi connectivity index (χ2v) is 14.8. The van der Waals surface area contributed by atoms with Crippen LogP contribution in [0.15, 0.2) is 127 Å². The van der Waals surface area contributed by atoms with E-state index in [4.69, 9.17) is 14.2 Å². The Balaban J connectivity index is 0.983. The maximum Gasteiger partial charge on any atom is 0.328 e. The summed E-state index contributed by atoms with van der Waals surface area (Å²) in [7, 11) is 1.30. The lowest BCUT2D eigenvalue weighted by Crippen LogP contribution is -2.49. The molecule has 13 nitrogen and oxygen atoms in total. The number of carbonyl (C=O) groups excluding carboxylic acids is 2. The molecule has 0 aromatic heterocycles. The van der Waals surface area contributed by atoms with E-state index in [0.717, 1.165) is 77.4 Å². The minimum atomic E-state index is -0.825. The van der Waals surface area contributed by atoms with Gasteiger partial charge in [-0.05, 0) is 51.6 Å². The van der Waals surface area contributed by atoms with E-state index in [9.17, 15) is 24.8 Å². The number of nitrogens with zero attached hydrogens (tertiary/aromatic N) is 3. The van der Waals surface area contributed by atoms with E-state index >= 15 is 0 Å². The molecular weight excluding hydrogens is 751 g/mol. The van der Waals surface area contributed by atoms with Crippen LogP contribution < -0.4 is 15.5 Å². The normalized spacial score (nSPS) is 18.7. The van der Waals surface area contributed by atoms with Gasteiger partial charge in [-0.1, -0.05) is 97.1 Å². The molecule has 5 aromatic rings. The molecule has 0 spiro atoms. The van der Waals surface area contributed by atoms with Gasteiger partial charge in [-0.25, -0.2) is 9.59 Å². The molecule has 13 heteroatoms. The molecule has 0 radical (unpaired) electrons. The predicted octanol–water partition coefficient (Wildman–Crippen LogP) is 6.71. The van der Waals surface area contributed by atoms with Gasteiger partial charge in [-0.3, -0.25) is 15.0 Å². The van der Waals surface area contributed by atoms with Gasteiger partial charge in [0.25, 0.3) is 5.69 Å². The number of urea groups is 1. The number of hydrogen-bond acceptors (Lipinski definition) is 10.